The van der Waals surface area contributed by atoms with Crippen LogP contribution in [0.3, 0.4) is 0 Å². The predicted octanol–water partition coefficient (Wildman–Crippen LogP) is 2.84. The smallest absolute Gasteiger partial charge is 0.261 e. The number of methoxy groups -OCH3 is 1. The van der Waals surface area contributed by atoms with Crippen molar-refractivity contribution < 1.29 is 4.74 Å². The fourth-order valence-corrected chi connectivity index (χ4v) is 5.34. The van der Waals surface area contributed by atoms with Crippen LogP contribution in [0.25, 0.3) is 10.9 Å². The summed E-state index contributed by atoms with van der Waals surface area (Å²) < 4.78 is 6.98. The van der Waals surface area contributed by atoms with Crippen LogP contribution < -0.4 is 15.4 Å². The van der Waals surface area contributed by atoms with E-state index in [1.807, 2.05) is 16.7 Å². The van der Waals surface area contributed by atoms with Gasteiger partial charge in [-0.3, -0.25) is 9.36 Å². The number of hydrogen-bond donors (Lipinski definition) is 0. The second-order valence-corrected chi connectivity index (χ2v) is 9.02. The van der Waals surface area contributed by atoms with Gasteiger partial charge in [0.15, 0.2) is 0 Å². The van der Waals surface area contributed by atoms with E-state index in [2.05, 4.69) is 31.0 Å². The van der Waals surface area contributed by atoms with Gasteiger partial charge >= 0.3 is 0 Å². The molecule has 1 aliphatic carbocycles. The molecule has 158 valence electrons. The molecule has 2 aromatic heterocycles. The number of aromatic nitrogens is 4. The van der Waals surface area contributed by atoms with Gasteiger partial charge in [0, 0.05) is 45.0 Å². The minimum atomic E-state index is 0.0893. The molecule has 1 saturated heterocycles. The molecule has 0 unspecified atom stereocenters. The van der Waals surface area contributed by atoms with Crippen molar-refractivity contribution in [3.63, 3.8) is 0 Å². The highest BCUT2D eigenvalue weighted by Crippen LogP contribution is 2.29. The molecule has 9 heteroatoms. The molecule has 0 radical (unpaired) electrons. The summed E-state index contributed by atoms with van der Waals surface area (Å²) in [5.74, 6) is 0. The van der Waals surface area contributed by atoms with Crippen molar-refractivity contribution in [3.8, 4) is 0 Å². The fraction of sp³-hybridized carbons (Fsp3) is 0.524. The second kappa shape index (κ2) is 8.31. The van der Waals surface area contributed by atoms with Crippen molar-refractivity contribution in [1.82, 2.24) is 19.7 Å². The SMILES string of the molecule is COCc1nnc(N2CCN(c3ccc4c(=O)n(C5CCCC5)cnc4c3)CC2)s1. The number of piperazine rings is 1. The average molecular weight is 427 g/mol. The van der Waals surface area contributed by atoms with E-state index in [9.17, 15) is 4.79 Å². The van der Waals surface area contributed by atoms with Gasteiger partial charge in [-0.1, -0.05) is 24.2 Å². The van der Waals surface area contributed by atoms with Gasteiger partial charge in [0.1, 0.15) is 11.6 Å². The number of hydrogen-bond acceptors (Lipinski definition) is 8. The molecule has 0 N–H and O–H groups in total. The number of anilines is 2. The summed E-state index contributed by atoms with van der Waals surface area (Å²) in [4.78, 5) is 22.2. The van der Waals surface area contributed by atoms with Gasteiger partial charge in [-0.25, -0.2) is 4.98 Å². The molecular weight excluding hydrogens is 400 g/mol. The van der Waals surface area contributed by atoms with Crippen LogP contribution in [-0.2, 0) is 11.3 Å². The van der Waals surface area contributed by atoms with Gasteiger partial charge in [0.05, 0.1) is 17.2 Å². The molecule has 2 fully saturated rings. The second-order valence-electron chi connectivity index (χ2n) is 7.98. The summed E-state index contributed by atoms with van der Waals surface area (Å²) in [7, 11) is 1.67. The van der Waals surface area contributed by atoms with Crippen molar-refractivity contribution in [2.75, 3.05) is 43.1 Å². The maximum absolute atomic E-state index is 12.9. The van der Waals surface area contributed by atoms with E-state index >= 15 is 0 Å². The highest BCUT2D eigenvalue weighted by Gasteiger charge is 2.22. The summed E-state index contributed by atoms with van der Waals surface area (Å²) >= 11 is 1.59. The quantitative estimate of drug-likeness (QED) is 0.621. The molecule has 3 heterocycles. The summed E-state index contributed by atoms with van der Waals surface area (Å²) in [6.07, 6.45) is 6.30. The van der Waals surface area contributed by atoms with Crippen LogP contribution in [0.1, 0.15) is 36.7 Å². The van der Waals surface area contributed by atoms with Crippen LogP contribution in [0, 0.1) is 0 Å². The van der Waals surface area contributed by atoms with Gasteiger partial charge in [0.25, 0.3) is 5.56 Å². The Morgan fingerprint density at radius 3 is 2.63 bits per heavy atom. The highest BCUT2D eigenvalue weighted by atomic mass is 32.1. The standard InChI is InChI=1S/C21H26N6O2S/c1-29-13-19-23-24-21(30-19)26-10-8-25(9-11-26)16-6-7-17-18(12-16)22-14-27(20(17)28)15-4-2-3-5-15/h6-7,12,14-15H,2-5,8-11,13H2,1H3. The van der Waals surface area contributed by atoms with Crippen LogP contribution in [0.5, 0.6) is 0 Å². The molecule has 0 bridgehead atoms. The maximum Gasteiger partial charge on any atom is 0.261 e. The topological polar surface area (TPSA) is 76.4 Å². The number of ether oxygens (including phenoxy) is 1. The number of fused-ring (bicyclic) bond motifs is 1. The fourth-order valence-electron chi connectivity index (χ4n) is 4.47. The van der Waals surface area contributed by atoms with Crippen molar-refractivity contribution in [2.24, 2.45) is 0 Å². The molecule has 0 spiro atoms. The molecule has 2 aliphatic rings. The van der Waals surface area contributed by atoms with E-state index in [1.54, 1.807) is 24.8 Å². The van der Waals surface area contributed by atoms with Crippen molar-refractivity contribution in [1.29, 1.82) is 0 Å². The van der Waals surface area contributed by atoms with Gasteiger partial charge in [-0.2, -0.15) is 0 Å². The van der Waals surface area contributed by atoms with Gasteiger partial charge in [-0.15, -0.1) is 10.2 Å². The minimum absolute atomic E-state index is 0.0893. The normalized spacial score (nSPS) is 17.9. The molecule has 8 nitrogen and oxygen atoms in total. The third kappa shape index (κ3) is 3.67. The average Bonchev–Trinajstić information content (AvgIpc) is 3.47. The Morgan fingerprint density at radius 1 is 1.10 bits per heavy atom. The molecule has 1 aliphatic heterocycles. The first-order valence-electron chi connectivity index (χ1n) is 10.5. The lowest BCUT2D eigenvalue weighted by Crippen LogP contribution is -2.46. The molecule has 0 atom stereocenters. The lowest BCUT2D eigenvalue weighted by molar-refractivity contribution is 0.184. The van der Waals surface area contributed by atoms with Crippen molar-refractivity contribution in [2.45, 2.75) is 38.3 Å². The summed E-state index contributed by atoms with van der Waals surface area (Å²) in [5.41, 5.74) is 1.99. The Hall–Kier alpha value is -2.52. The highest BCUT2D eigenvalue weighted by molar-refractivity contribution is 7.15. The molecule has 5 rings (SSSR count). The van der Waals surface area contributed by atoms with Crippen LogP contribution in [0.15, 0.2) is 29.3 Å². The molecular formula is C21H26N6O2S. The van der Waals surface area contributed by atoms with Crippen LogP contribution >= 0.6 is 11.3 Å². The Labute approximate surface area is 179 Å². The number of benzene rings is 1. The van der Waals surface area contributed by atoms with Gasteiger partial charge in [0.2, 0.25) is 5.13 Å². The lowest BCUT2D eigenvalue weighted by Gasteiger charge is -2.35. The molecule has 1 saturated carbocycles. The van der Waals surface area contributed by atoms with Gasteiger partial charge < -0.3 is 14.5 Å². The van der Waals surface area contributed by atoms with Crippen LogP contribution in [0.4, 0.5) is 10.8 Å². The predicted molar refractivity (Wildman–Crippen MR) is 119 cm³/mol. The molecule has 1 aromatic carbocycles. The number of rotatable bonds is 5. The Balaban J connectivity index is 1.30. The lowest BCUT2D eigenvalue weighted by atomic mass is 10.1. The largest absolute Gasteiger partial charge is 0.377 e. The van der Waals surface area contributed by atoms with E-state index in [1.165, 1.54) is 12.8 Å². The summed E-state index contributed by atoms with van der Waals surface area (Å²) in [5, 5.41) is 11.1. The Kier molecular flexibility index (Phi) is 5.39. The monoisotopic (exact) mass is 426 g/mol. The van der Waals surface area contributed by atoms with Crippen molar-refractivity contribution in [3.05, 3.63) is 39.9 Å². The minimum Gasteiger partial charge on any atom is -0.377 e. The van der Waals surface area contributed by atoms with Gasteiger partial charge in [-0.05, 0) is 31.0 Å². The van der Waals surface area contributed by atoms with Crippen LogP contribution in [0.2, 0.25) is 0 Å². The zero-order valence-corrected chi connectivity index (χ0v) is 18.0. The van der Waals surface area contributed by atoms with E-state index in [0.29, 0.717) is 18.0 Å². The first-order chi connectivity index (χ1) is 14.7. The summed E-state index contributed by atoms with van der Waals surface area (Å²) in [6, 6.07) is 6.36. The zero-order chi connectivity index (χ0) is 20.5. The Bertz CT molecular complexity index is 1080. The first kappa shape index (κ1) is 19.4. The third-order valence-electron chi connectivity index (χ3n) is 6.12. The van der Waals surface area contributed by atoms with E-state index in [-0.39, 0.29) is 5.56 Å². The molecule has 3 aromatic rings. The molecule has 0 amide bonds. The van der Waals surface area contributed by atoms with E-state index in [0.717, 1.165) is 60.4 Å². The van der Waals surface area contributed by atoms with Crippen LogP contribution in [-0.4, -0.2) is 53.0 Å². The third-order valence-corrected chi connectivity index (χ3v) is 7.08. The Morgan fingerprint density at radius 2 is 1.87 bits per heavy atom. The first-order valence-corrected chi connectivity index (χ1v) is 11.4. The maximum atomic E-state index is 12.9. The van der Waals surface area contributed by atoms with Crippen molar-refractivity contribution >= 4 is 33.1 Å². The summed E-state index contributed by atoms with van der Waals surface area (Å²) in [6.45, 7) is 4.06. The molecule has 30 heavy (non-hydrogen) atoms. The van der Waals surface area contributed by atoms with E-state index < -0.39 is 0 Å². The zero-order valence-electron chi connectivity index (χ0n) is 17.2. The number of nitrogens with zero attached hydrogens (tertiary/aromatic N) is 6. The van der Waals surface area contributed by atoms with E-state index in [4.69, 9.17) is 4.74 Å².